The molecule has 0 saturated heterocycles. The molecule has 2 aromatic rings. The number of nitrogens with one attached hydrogen (secondary N) is 1. The zero-order chi connectivity index (χ0) is 15.2. The van der Waals surface area contributed by atoms with Crippen molar-refractivity contribution in [2.75, 3.05) is 6.54 Å². The Labute approximate surface area is 139 Å². The van der Waals surface area contributed by atoms with E-state index < -0.39 is 0 Å². The molecule has 0 aromatic carbocycles. The molecule has 0 amide bonds. The molecule has 0 radical (unpaired) electrons. The number of rotatable bonds is 6. The first-order valence-electron chi connectivity index (χ1n) is 6.74. The maximum absolute atomic E-state index is 6.28. The Hall–Kier alpha value is -0.870. The van der Waals surface area contributed by atoms with E-state index in [-0.39, 0.29) is 6.04 Å². The van der Waals surface area contributed by atoms with Gasteiger partial charge in [-0.1, -0.05) is 41.7 Å². The fourth-order valence-electron chi connectivity index (χ4n) is 2.06. The predicted molar refractivity (Wildman–Crippen MR) is 88.2 cm³/mol. The highest BCUT2D eigenvalue weighted by atomic mass is 35.5. The van der Waals surface area contributed by atoms with Gasteiger partial charge in [-0.3, -0.25) is 9.97 Å². The molecule has 0 fully saturated rings. The van der Waals surface area contributed by atoms with Gasteiger partial charge in [-0.15, -0.1) is 0 Å². The van der Waals surface area contributed by atoms with Crippen molar-refractivity contribution in [3.63, 3.8) is 0 Å². The molecular formula is C15H16Cl3N3. The van der Waals surface area contributed by atoms with Gasteiger partial charge in [0.2, 0.25) is 0 Å². The summed E-state index contributed by atoms with van der Waals surface area (Å²) in [6, 6.07) is 3.60. The average molecular weight is 345 g/mol. The van der Waals surface area contributed by atoms with Crippen molar-refractivity contribution in [3.8, 4) is 0 Å². The van der Waals surface area contributed by atoms with Crippen molar-refractivity contribution in [1.29, 1.82) is 0 Å². The fraction of sp³-hybridized carbons (Fsp3) is 0.333. The van der Waals surface area contributed by atoms with E-state index in [4.69, 9.17) is 34.8 Å². The maximum atomic E-state index is 6.28. The number of nitrogens with zero attached hydrogens (tertiary/aromatic N) is 2. The summed E-state index contributed by atoms with van der Waals surface area (Å²) in [5, 5.41) is 5.18. The average Bonchev–Trinajstić information content (AvgIpc) is 2.46. The molecule has 1 atom stereocenters. The molecule has 2 aromatic heterocycles. The standard InChI is InChI=1S/C15H16Cl3N3/c1-2-4-20-14(6-10-3-5-19-9-13(10)18)15-12(17)7-11(16)8-21-15/h3,5,7-9,14,20H,2,4,6H2,1H3. The first-order chi connectivity index (χ1) is 10.1. The molecule has 2 rings (SSSR count). The highest BCUT2D eigenvalue weighted by Crippen LogP contribution is 2.28. The Morgan fingerprint density at radius 1 is 1.19 bits per heavy atom. The summed E-state index contributed by atoms with van der Waals surface area (Å²) in [6.45, 7) is 2.98. The zero-order valence-corrected chi connectivity index (χ0v) is 13.9. The van der Waals surface area contributed by atoms with Crippen LogP contribution in [0.1, 0.15) is 30.6 Å². The van der Waals surface area contributed by atoms with Crippen molar-refractivity contribution in [2.24, 2.45) is 0 Å². The minimum absolute atomic E-state index is 0.0189. The van der Waals surface area contributed by atoms with Crippen molar-refractivity contribution in [2.45, 2.75) is 25.8 Å². The smallest absolute Gasteiger partial charge is 0.0763 e. The van der Waals surface area contributed by atoms with Gasteiger partial charge in [-0.2, -0.15) is 0 Å². The first-order valence-corrected chi connectivity index (χ1v) is 7.88. The van der Waals surface area contributed by atoms with Crippen LogP contribution in [0.2, 0.25) is 15.1 Å². The van der Waals surface area contributed by atoms with E-state index in [1.165, 1.54) is 0 Å². The van der Waals surface area contributed by atoms with Gasteiger partial charge in [0.05, 0.1) is 26.8 Å². The van der Waals surface area contributed by atoms with Gasteiger partial charge in [0.25, 0.3) is 0 Å². The molecule has 6 heteroatoms. The minimum atomic E-state index is -0.0189. The van der Waals surface area contributed by atoms with E-state index in [1.807, 2.05) is 6.07 Å². The van der Waals surface area contributed by atoms with Crippen molar-refractivity contribution >= 4 is 34.8 Å². The summed E-state index contributed by atoms with van der Waals surface area (Å²) < 4.78 is 0. The lowest BCUT2D eigenvalue weighted by Gasteiger charge is -2.20. The molecule has 3 nitrogen and oxygen atoms in total. The van der Waals surface area contributed by atoms with Crippen molar-refractivity contribution < 1.29 is 0 Å². The van der Waals surface area contributed by atoms with Crippen LogP contribution < -0.4 is 5.32 Å². The number of aromatic nitrogens is 2. The Balaban J connectivity index is 2.27. The third-order valence-electron chi connectivity index (χ3n) is 3.09. The first kappa shape index (κ1) is 16.5. The molecule has 1 unspecified atom stereocenters. The lowest BCUT2D eigenvalue weighted by atomic mass is 10.0. The quantitative estimate of drug-likeness (QED) is 0.824. The third kappa shape index (κ3) is 4.55. The van der Waals surface area contributed by atoms with E-state index in [1.54, 1.807) is 24.7 Å². The van der Waals surface area contributed by atoms with Gasteiger partial charge in [0.15, 0.2) is 0 Å². The summed E-state index contributed by atoms with van der Waals surface area (Å²) in [6.07, 6.45) is 6.69. The molecular weight excluding hydrogens is 329 g/mol. The second-order valence-electron chi connectivity index (χ2n) is 4.70. The Morgan fingerprint density at radius 2 is 2.00 bits per heavy atom. The Kier molecular flexibility index (Phi) is 6.24. The van der Waals surface area contributed by atoms with E-state index >= 15 is 0 Å². The lowest BCUT2D eigenvalue weighted by Crippen LogP contribution is -2.25. The summed E-state index contributed by atoms with van der Waals surface area (Å²) in [5.41, 5.74) is 1.79. The van der Waals surface area contributed by atoms with Gasteiger partial charge in [-0.25, -0.2) is 0 Å². The topological polar surface area (TPSA) is 37.8 Å². The van der Waals surface area contributed by atoms with E-state index in [9.17, 15) is 0 Å². The maximum Gasteiger partial charge on any atom is 0.0763 e. The SMILES string of the molecule is CCCNC(Cc1ccncc1Cl)c1ncc(Cl)cc1Cl. The van der Waals surface area contributed by atoms with Crippen LogP contribution >= 0.6 is 34.8 Å². The van der Waals surface area contributed by atoms with Gasteiger partial charge >= 0.3 is 0 Å². The van der Waals surface area contributed by atoms with Crippen LogP contribution in [-0.2, 0) is 6.42 Å². The summed E-state index contributed by atoms with van der Waals surface area (Å²) >= 11 is 18.4. The van der Waals surface area contributed by atoms with E-state index in [0.717, 1.165) is 24.2 Å². The van der Waals surface area contributed by atoms with E-state index in [2.05, 4.69) is 22.2 Å². The molecule has 2 heterocycles. The van der Waals surface area contributed by atoms with Gasteiger partial charge in [-0.05, 0) is 37.1 Å². The molecule has 112 valence electrons. The van der Waals surface area contributed by atoms with Crippen LogP contribution in [-0.4, -0.2) is 16.5 Å². The van der Waals surface area contributed by atoms with Crippen LogP contribution in [0.3, 0.4) is 0 Å². The molecule has 1 N–H and O–H groups in total. The summed E-state index contributed by atoms with van der Waals surface area (Å²) in [5.74, 6) is 0. The molecule has 0 spiro atoms. The van der Waals surface area contributed by atoms with Crippen LogP contribution in [0, 0.1) is 0 Å². The molecule has 21 heavy (non-hydrogen) atoms. The van der Waals surface area contributed by atoms with Crippen molar-refractivity contribution in [1.82, 2.24) is 15.3 Å². The van der Waals surface area contributed by atoms with Crippen LogP contribution in [0.15, 0.2) is 30.7 Å². The Bertz CT molecular complexity index is 604. The van der Waals surface area contributed by atoms with Gasteiger partial charge < -0.3 is 5.32 Å². The zero-order valence-electron chi connectivity index (χ0n) is 11.6. The number of pyridine rings is 2. The second kappa shape index (κ2) is 7.95. The van der Waals surface area contributed by atoms with Crippen LogP contribution in [0.5, 0.6) is 0 Å². The molecule has 0 saturated carbocycles. The molecule has 0 aliphatic heterocycles. The third-order valence-corrected chi connectivity index (χ3v) is 3.94. The normalized spacial score (nSPS) is 12.4. The Morgan fingerprint density at radius 3 is 2.67 bits per heavy atom. The molecule has 0 aliphatic rings. The van der Waals surface area contributed by atoms with Gasteiger partial charge in [0.1, 0.15) is 0 Å². The van der Waals surface area contributed by atoms with Gasteiger partial charge in [0, 0.05) is 18.6 Å². The monoisotopic (exact) mass is 343 g/mol. The van der Waals surface area contributed by atoms with E-state index in [0.29, 0.717) is 21.5 Å². The molecule has 0 bridgehead atoms. The summed E-state index contributed by atoms with van der Waals surface area (Å²) in [4.78, 5) is 8.38. The predicted octanol–water partition coefficient (Wildman–Crippen LogP) is 4.72. The largest absolute Gasteiger partial charge is 0.308 e. The number of hydrogen-bond donors (Lipinski definition) is 1. The molecule has 0 aliphatic carbocycles. The lowest BCUT2D eigenvalue weighted by molar-refractivity contribution is 0.518. The fourth-order valence-corrected chi connectivity index (χ4v) is 2.76. The summed E-state index contributed by atoms with van der Waals surface area (Å²) in [7, 11) is 0. The highest BCUT2D eigenvalue weighted by molar-refractivity contribution is 6.34. The number of hydrogen-bond acceptors (Lipinski definition) is 3. The number of halogens is 3. The van der Waals surface area contributed by atoms with Crippen molar-refractivity contribution in [3.05, 3.63) is 57.0 Å². The minimum Gasteiger partial charge on any atom is -0.308 e. The van der Waals surface area contributed by atoms with Crippen LogP contribution in [0.25, 0.3) is 0 Å². The van der Waals surface area contributed by atoms with Crippen LogP contribution in [0.4, 0.5) is 0 Å². The second-order valence-corrected chi connectivity index (χ2v) is 5.95. The highest BCUT2D eigenvalue weighted by Gasteiger charge is 2.18.